The fraction of sp³-hybridized carbons (Fsp3) is 0.167. The predicted molar refractivity (Wildman–Crippen MR) is 116 cm³/mol. The number of carbonyl (C=O) groups is 3. The second-order valence-corrected chi connectivity index (χ2v) is 6.91. The van der Waals surface area contributed by atoms with Crippen LogP contribution >= 0.6 is 0 Å². The lowest BCUT2D eigenvalue weighted by Gasteiger charge is -2.36. The van der Waals surface area contributed by atoms with E-state index in [0.717, 1.165) is 7.11 Å². The molecule has 2 N–H and O–H groups in total. The van der Waals surface area contributed by atoms with Crippen molar-refractivity contribution in [3.05, 3.63) is 88.4 Å². The Morgan fingerprint density at radius 2 is 1.56 bits per heavy atom. The Hall–Kier alpha value is -4.38. The third-order valence-corrected chi connectivity index (χ3v) is 5.13. The summed E-state index contributed by atoms with van der Waals surface area (Å²) in [6.07, 6.45) is 0. The van der Waals surface area contributed by atoms with E-state index >= 15 is 0 Å². The molecule has 1 aliphatic heterocycles. The Labute approximate surface area is 185 Å². The highest BCUT2D eigenvalue weighted by Gasteiger charge is 2.43. The van der Waals surface area contributed by atoms with Gasteiger partial charge < -0.3 is 15.2 Å². The Morgan fingerprint density at radius 1 is 0.969 bits per heavy atom. The summed E-state index contributed by atoms with van der Waals surface area (Å²) in [7, 11) is 2.34. The molecule has 2 aromatic rings. The molecule has 8 nitrogen and oxygen atoms in total. The third-order valence-electron chi connectivity index (χ3n) is 5.13. The molecule has 0 bridgehead atoms. The zero-order chi connectivity index (χ0) is 23.4. The van der Waals surface area contributed by atoms with Crippen LogP contribution in [0.3, 0.4) is 0 Å². The first-order valence-electron chi connectivity index (χ1n) is 9.62. The van der Waals surface area contributed by atoms with Crippen LogP contribution in [0.15, 0.2) is 77.3 Å². The second-order valence-electron chi connectivity index (χ2n) is 6.91. The summed E-state index contributed by atoms with van der Waals surface area (Å²) < 4.78 is 9.96. The number of esters is 2. The standard InChI is InChI=1S/C24H21N3O5/c1-14(28)16-11-7-8-12-18(16)27-21(24(30)32-3)20(23(29)31-2)19(17(13-25)22(27)26)15-9-5-4-6-10-15/h4-12,19H,26H2,1-3H3. The van der Waals surface area contributed by atoms with Crippen LogP contribution in [0.25, 0.3) is 0 Å². The first-order chi connectivity index (χ1) is 15.4. The van der Waals surface area contributed by atoms with Crippen molar-refractivity contribution in [1.29, 1.82) is 5.26 Å². The molecule has 8 heteroatoms. The molecule has 2 aromatic carbocycles. The largest absolute Gasteiger partial charge is 0.466 e. The maximum atomic E-state index is 13.0. The van der Waals surface area contributed by atoms with Crippen LogP contribution in [0, 0.1) is 11.3 Å². The van der Waals surface area contributed by atoms with Gasteiger partial charge in [0.15, 0.2) is 5.78 Å². The highest BCUT2D eigenvalue weighted by atomic mass is 16.5. The zero-order valence-corrected chi connectivity index (χ0v) is 17.8. The van der Waals surface area contributed by atoms with Crippen molar-refractivity contribution in [2.45, 2.75) is 12.8 Å². The van der Waals surface area contributed by atoms with Gasteiger partial charge in [-0.1, -0.05) is 42.5 Å². The van der Waals surface area contributed by atoms with Gasteiger partial charge in [-0.3, -0.25) is 9.69 Å². The molecule has 0 spiro atoms. The zero-order valence-electron chi connectivity index (χ0n) is 17.8. The van der Waals surface area contributed by atoms with Crippen LogP contribution in [0.2, 0.25) is 0 Å². The molecule has 0 fully saturated rings. The predicted octanol–water partition coefficient (Wildman–Crippen LogP) is 2.79. The highest BCUT2D eigenvalue weighted by molar-refractivity contribution is 6.08. The van der Waals surface area contributed by atoms with Crippen molar-refractivity contribution in [1.82, 2.24) is 0 Å². The number of nitriles is 1. The van der Waals surface area contributed by atoms with Crippen molar-refractivity contribution in [2.24, 2.45) is 5.73 Å². The van der Waals surface area contributed by atoms with Crippen LogP contribution in [0.5, 0.6) is 0 Å². The smallest absolute Gasteiger partial charge is 0.355 e. The molecular weight excluding hydrogens is 410 g/mol. The maximum absolute atomic E-state index is 13.0. The van der Waals surface area contributed by atoms with Gasteiger partial charge in [-0.2, -0.15) is 5.26 Å². The highest BCUT2D eigenvalue weighted by Crippen LogP contribution is 2.43. The number of hydrogen-bond acceptors (Lipinski definition) is 8. The van der Waals surface area contributed by atoms with Crippen molar-refractivity contribution < 1.29 is 23.9 Å². The molecule has 32 heavy (non-hydrogen) atoms. The Kier molecular flexibility index (Phi) is 6.40. The fourth-order valence-corrected chi connectivity index (χ4v) is 3.73. The summed E-state index contributed by atoms with van der Waals surface area (Å²) in [6.45, 7) is 1.36. The number of ether oxygens (including phenoxy) is 2. The van der Waals surface area contributed by atoms with Crippen LogP contribution in [0.1, 0.15) is 28.8 Å². The minimum absolute atomic E-state index is 0.0302. The molecule has 0 saturated carbocycles. The minimum atomic E-state index is -0.969. The summed E-state index contributed by atoms with van der Waals surface area (Å²) in [6, 6.07) is 17.2. The lowest BCUT2D eigenvalue weighted by Crippen LogP contribution is -2.41. The van der Waals surface area contributed by atoms with E-state index in [1.807, 2.05) is 0 Å². The number of ketones is 1. The van der Waals surface area contributed by atoms with E-state index in [-0.39, 0.29) is 39.7 Å². The molecule has 0 amide bonds. The van der Waals surface area contributed by atoms with Crippen molar-refractivity contribution in [2.75, 3.05) is 19.1 Å². The second kappa shape index (κ2) is 9.18. The average molecular weight is 431 g/mol. The molecule has 0 radical (unpaired) electrons. The monoisotopic (exact) mass is 431 g/mol. The van der Waals surface area contributed by atoms with E-state index in [9.17, 15) is 19.6 Å². The molecule has 0 aliphatic carbocycles. The van der Waals surface area contributed by atoms with Gasteiger partial charge in [0, 0.05) is 5.56 Å². The number of rotatable bonds is 5. The summed E-state index contributed by atoms with van der Waals surface area (Å²) in [5.41, 5.74) is 7.16. The van der Waals surface area contributed by atoms with Gasteiger partial charge in [0.1, 0.15) is 11.5 Å². The molecule has 0 saturated heterocycles. The van der Waals surface area contributed by atoms with Crippen LogP contribution in [-0.2, 0) is 19.1 Å². The van der Waals surface area contributed by atoms with E-state index in [1.165, 1.54) is 18.9 Å². The maximum Gasteiger partial charge on any atom is 0.355 e. The van der Waals surface area contributed by atoms with Crippen molar-refractivity contribution in [3.63, 3.8) is 0 Å². The third kappa shape index (κ3) is 3.72. The Morgan fingerprint density at radius 3 is 2.12 bits per heavy atom. The lowest BCUT2D eigenvalue weighted by atomic mass is 9.80. The fourth-order valence-electron chi connectivity index (χ4n) is 3.73. The Balaban J connectivity index is 2.46. The average Bonchev–Trinajstić information content (AvgIpc) is 2.82. The first-order valence-corrected chi connectivity index (χ1v) is 9.62. The summed E-state index contributed by atoms with van der Waals surface area (Å²) in [5.74, 6) is -3.05. The summed E-state index contributed by atoms with van der Waals surface area (Å²) in [4.78, 5) is 39.5. The van der Waals surface area contributed by atoms with Gasteiger partial charge in [0.25, 0.3) is 0 Å². The van der Waals surface area contributed by atoms with Crippen LogP contribution in [-0.4, -0.2) is 31.9 Å². The number of nitrogens with zero attached hydrogens (tertiary/aromatic N) is 2. The van der Waals surface area contributed by atoms with Gasteiger partial charge in [0.2, 0.25) is 0 Å². The van der Waals surface area contributed by atoms with Gasteiger partial charge in [0.05, 0.1) is 43.0 Å². The van der Waals surface area contributed by atoms with E-state index < -0.39 is 17.9 Å². The Bertz CT molecular complexity index is 1190. The molecule has 1 aliphatic rings. The number of para-hydroxylation sites is 1. The molecule has 1 unspecified atom stereocenters. The summed E-state index contributed by atoms with van der Waals surface area (Å²) >= 11 is 0. The minimum Gasteiger partial charge on any atom is -0.466 e. The first kappa shape index (κ1) is 22.3. The van der Waals surface area contributed by atoms with Crippen molar-refractivity contribution in [3.8, 4) is 6.07 Å². The number of allylic oxidation sites excluding steroid dienone is 1. The van der Waals surface area contributed by atoms with Crippen LogP contribution < -0.4 is 10.6 Å². The molecule has 1 atom stereocenters. The molecule has 0 aromatic heterocycles. The number of methoxy groups -OCH3 is 2. The number of nitrogens with two attached hydrogens (primary N) is 1. The van der Waals surface area contributed by atoms with Gasteiger partial charge in [-0.15, -0.1) is 0 Å². The topological polar surface area (TPSA) is 123 Å². The number of anilines is 1. The van der Waals surface area contributed by atoms with E-state index in [1.54, 1.807) is 54.6 Å². The lowest BCUT2D eigenvalue weighted by molar-refractivity contribution is -0.139. The summed E-state index contributed by atoms with van der Waals surface area (Å²) in [5, 5.41) is 10.0. The molecule has 3 rings (SSSR count). The number of Topliss-reactive ketones (excluding diaryl/α,β-unsaturated/α-hetero) is 1. The molecule has 1 heterocycles. The molecule has 162 valence electrons. The van der Waals surface area contributed by atoms with Gasteiger partial charge in [-0.05, 0) is 24.6 Å². The molecular formula is C24H21N3O5. The SMILES string of the molecule is COC(=O)C1=C(C(=O)OC)N(c2ccccc2C(C)=O)C(N)=C(C#N)C1c1ccccc1. The van der Waals surface area contributed by atoms with E-state index in [2.05, 4.69) is 6.07 Å². The number of benzene rings is 2. The normalized spacial score (nSPS) is 15.8. The number of carbonyl (C=O) groups excluding carboxylic acids is 3. The van der Waals surface area contributed by atoms with Gasteiger partial charge >= 0.3 is 11.9 Å². The van der Waals surface area contributed by atoms with E-state index in [4.69, 9.17) is 15.2 Å². The van der Waals surface area contributed by atoms with Gasteiger partial charge in [-0.25, -0.2) is 9.59 Å². The van der Waals surface area contributed by atoms with Crippen LogP contribution in [0.4, 0.5) is 5.69 Å². The number of hydrogen-bond donors (Lipinski definition) is 1. The van der Waals surface area contributed by atoms with E-state index in [0.29, 0.717) is 5.56 Å². The quantitative estimate of drug-likeness (QED) is 0.566. The van der Waals surface area contributed by atoms with Crippen molar-refractivity contribution >= 4 is 23.4 Å².